The molecule has 1 amide bonds. The van der Waals surface area contributed by atoms with E-state index in [0.29, 0.717) is 24.7 Å². The zero-order valence-electron chi connectivity index (χ0n) is 15.7. The maximum Gasteiger partial charge on any atom is 0.243 e. The van der Waals surface area contributed by atoms with Gasteiger partial charge < -0.3 is 9.80 Å². The maximum atomic E-state index is 12.6. The van der Waals surface area contributed by atoms with Crippen LogP contribution in [0.4, 0.5) is 5.69 Å². The van der Waals surface area contributed by atoms with Crippen LogP contribution in [0.2, 0.25) is 0 Å². The number of rotatable bonds is 6. The fraction of sp³-hybridized carbons (Fsp3) is 0.611. The molecule has 1 aliphatic heterocycles. The smallest absolute Gasteiger partial charge is 0.243 e. The van der Waals surface area contributed by atoms with Gasteiger partial charge in [-0.1, -0.05) is 26.0 Å². The van der Waals surface area contributed by atoms with E-state index < -0.39 is 10.0 Å². The molecule has 2 rings (SSSR count). The van der Waals surface area contributed by atoms with Gasteiger partial charge in [-0.3, -0.25) is 9.10 Å². The number of benzene rings is 1. The van der Waals surface area contributed by atoms with E-state index in [4.69, 9.17) is 0 Å². The first kappa shape index (κ1) is 19.7. The van der Waals surface area contributed by atoms with Crippen molar-refractivity contribution in [1.82, 2.24) is 4.90 Å². The fourth-order valence-electron chi connectivity index (χ4n) is 3.07. The fourth-order valence-corrected chi connectivity index (χ4v) is 3.92. The van der Waals surface area contributed by atoms with Crippen LogP contribution < -0.4 is 9.21 Å². The van der Waals surface area contributed by atoms with Crippen LogP contribution in [0.25, 0.3) is 0 Å². The standard InChI is InChI=1S/C18H29N3O3S/c1-5-19-10-12-20(13-11-19)18(22)14-21(25(4,23)24)17-8-6-16(7-9-17)15(2)3/h6-9,15H,5,10-14H2,1-4H3/p+1. The summed E-state index contributed by atoms with van der Waals surface area (Å²) in [6.45, 7) is 10.4. The third kappa shape index (κ3) is 5.19. The van der Waals surface area contributed by atoms with E-state index in [2.05, 4.69) is 20.8 Å². The summed E-state index contributed by atoms with van der Waals surface area (Å²) < 4.78 is 25.6. The molecule has 1 N–H and O–H groups in total. The average molecular weight is 369 g/mol. The van der Waals surface area contributed by atoms with Crippen molar-refractivity contribution in [2.45, 2.75) is 26.7 Å². The molecule has 1 saturated heterocycles. The van der Waals surface area contributed by atoms with Crippen LogP contribution in [0.3, 0.4) is 0 Å². The van der Waals surface area contributed by atoms with Gasteiger partial charge in [0.25, 0.3) is 0 Å². The summed E-state index contributed by atoms with van der Waals surface area (Å²) >= 11 is 0. The zero-order valence-corrected chi connectivity index (χ0v) is 16.5. The molecule has 1 heterocycles. The van der Waals surface area contributed by atoms with Crippen molar-refractivity contribution >= 4 is 21.6 Å². The molecule has 1 aliphatic rings. The lowest BCUT2D eigenvalue weighted by atomic mass is 10.0. The highest BCUT2D eigenvalue weighted by Crippen LogP contribution is 2.22. The minimum absolute atomic E-state index is 0.131. The highest BCUT2D eigenvalue weighted by Gasteiger charge is 2.27. The number of sulfonamides is 1. The molecular weight excluding hydrogens is 338 g/mol. The maximum absolute atomic E-state index is 12.6. The second kappa shape index (κ2) is 8.19. The third-order valence-electron chi connectivity index (χ3n) is 4.85. The Kier molecular flexibility index (Phi) is 6.46. The van der Waals surface area contributed by atoms with Gasteiger partial charge in [0.15, 0.2) is 0 Å². The van der Waals surface area contributed by atoms with E-state index in [-0.39, 0.29) is 12.5 Å². The number of hydrogen-bond donors (Lipinski definition) is 1. The molecule has 1 fully saturated rings. The van der Waals surface area contributed by atoms with E-state index in [0.717, 1.165) is 31.5 Å². The molecule has 0 aliphatic carbocycles. The first-order valence-corrected chi connectivity index (χ1v) is 10.8. The van der Waals surface area contributed by atoms with Gasteiger partial charge in [0, 0.05) is 0 Å². The number of likely N-dealkylation sites (N-methyl/N-ethyl adjacent to an activating group) is 1. The average Bonchev–Trinajstić information content (AvgIpc) is 2.58. The molecule has 0 radical (unpaired) electrons. The molecule has 1 aromatic rings. The summed E-state index contributed by atoms with van der Waals surface area (Å²) in [6, 6.07) is 7.41. The normalized spacial score (nSPS) is 16.3. The molecule has 1 aromatic carbocycles. The number of nitrogens with zero attached hydrogens (tertiary/aromatic N) is 2. The summed E-state index contributed by atoms with van der Waals surface area (Å²) in [5.41, 5.74) is 1.68. The largest absolute Gasteiger partial charge is 0.332 e. The van der Waals surface area contributed by atoms with E-state index in [1.807, 2.05) is 12.1 Å². The lowest BCUT2D eigenvalue weighted by molar-refractivity contribution is -0.902. The summed E-state index contributed by atoms with van der Waals surface area (Å²) in [4.78, 5) is 15.9. The number of carbonyl (C=O) groups excluding carboxylic acids is 1. The number of carbonyl (C=O) groups is 1. The highest BCUT2D eigenvalue weighted by atomic mass is 32.2. The second-order valence-electron chi connectivity index (χ2n) is 7.00. The SMILES string of the molecule is CC[NH+]1CCN(C(=O)CN(c2ccc(C(C)C)cc2)S(C)(=O)=O)CC1. The number of anilines is 1. The summed E-state index contributed by atoms with van der Waals surface area (Å²) in [6.07, 6.45) is 1.15. The molecular formula is C18H30N3O3S+. The topological polar surface area (TPSA) is 62.1 Å². The van der Waals surface area contributed by atoms with E-state index in [9.17, 15) is 13.2 Å². The summed E-state index contributed by atoms with van der Waals surface area (Å²) in [5, 5.41) is 0. The van der Waals surface area contributed by atoms with Crippen LogP contribution in [-0.2, 0) is 14.8 Å². The van der Waals surface area contributed by atoms with Gasteiger partial charge in [-0.05, 0) is 30.5 Å². The first-order chi connectivity index (χ1) is 11.7. The molecule has 0 spiro atoms. The zero-order chi connectivity index (χ0) is 18.6. The van der Waals surface area contributed by atoms with Crippen LogP contribution >= 0.6 is 0 Å². The van der Waals surface area contributed by atoms with E-state index >= 15 is 0 Å². The molecule has 0 saturated carbocycles. The van der Waals surface area contributed by atoms with Crippen LogP contribution in [0.15, 0.2) is 24.3 Å². The molecule has 25 heavy (non-hydrogen) atoms. The Labute approximate surface area is 151 Å². The van der Waals surface area contributed by atoms with Gasteiger partial charge in [0.05, 0.1) is 44.7 Å². The van der Waals surface area contributed by atoms with Gasteiger partial charge in [-0.2, -0.15) is 0 Å². The van der Waals surface area contributed by atoms with Gasteiger partial charge in [-0.25, -0.2) is 8.42 Å². The molecule has 7 heteroatoms. The Bertz CT molecular complexity index is 678. The number of quaternary nitrogens is 1. The predicted molar refractivity (Wildman–Crippen MR) is 101 cm³/mol. The van der Waals surface area contributed by atoms with Crippen molar-refractivity contribution in [3.05, 3.63) is 29.8 Å². The van der Waals surface area contributed by atoms with Crippen molar-refractivity contribution < 1.29 is 18.1 Å². The van der Waals surface area contributed by atoms with Crippen LogP contribution in [-0.4, -0.2) is 64.7 Å². The second-order valence-corrected chi connectivity index (χ2v) is 8.91. The Morgan fingerprint density at radius 3 is 2.20 bits per heavy atom. The summed E-state index contributed by atoms with van der Waals surface area (Å²) in [7, 11) is -3.52. The van der Waals surface area contributed by atoms with Crippen molar-refractivity contribution in [1.29, 1.82) is 0 Å². The van der Waals surface area contributed by atoms with Gasteiger partial charge in [0.2, 0.25) is 15.9 Å². The minimum atomic E-state index is -3.52. The van der Waals surface area contributed by atoms with Crippen LogP contribution in [0, 0.1) is 0 Å². The van der Waals surface area contributed by atoms with Gasteiger partial charge in [0.1, 0.15) is 6.54 Å². The molecule has 0 aromatic heterocycles. The van der Waals surface area contributed by atoms with E-state index in [1.54, 1.807) is 17.0 Å². The van der Waals surface area contributed by atoms with Gasteiger partial charge in [-0.15, -0.1) is 0 Å². The van der Waals surface area contributed by atoms with Crippen molar-refractivity contribution in [3.8, 4) is 0 Å². The minimum Gasteiger partial charge on any atom is -0.332 e. The lowest BCUT2D eigenvalue weighted by Crippen LogP contribution is -3.14. The van der Waals surface area contributed by atoms with Crippen LogP contribution in [0.5, 0.6) is 0 Å². The lowest BCUT2D eigenvalue weighted by Gasteiger charge is -2.33. The number of nitrogens with one attached hydrogen (secondary N) is 1. The Morgan fingerprint density at radius 1 is 1.20 bits per heavy atom. The highest BCUT2D eigenvalue weighted by molar-refractivity contribution is 7.92. The third-order valence-corrected chi connectivity index (χ3v) is 5.99. The monoisotopic (exact) mass is 368 g/mol. The molecule has 0 unspecified atom stereocenters. The Balaban J connectivity index is 2.12. The van der Waals surface area contributed by atoms with E-state index in [1.165, 1.54) is 9.21 Å². The predicted octanol–water partition coefficient (Wildman–Crippen LogP) is 0.323. The number of hydrogen-bond acceptors (Lipinski definition) is 3. The van der Waals surface area contributed by atoms with Gasteiger partial charge >= 0.3 is 0 Å². The number of piperazine rings is 1. The Morgan fingerprint density at radius 2 is 1.76 bits per heavy atom. The van der Waals surface area contributed by atoms with Crippen molar-refractivity contribution in [2.24, 2.45) is 0 Å². The molecule has 140 valence electrons. The van der Waals surface area contributed by atoms with Crippen molar-refractivity contribution in [2.75, 3.05) is 49.8 Å². The molecule has 0 atom stereocenters. The van der Waals surface area contributed by atoms with Crippen molar-refractivity contribution in [3.63, 3.8) is 0 Å². The molecule has 6 nitrogen and oxygen atoms in total. The Hall–Kier alpha value is -1.60. The van der Waals surface area contributed by atoms with Crippen LogP contribution in [0.1, 0.15) is 32.3 Å². The number of amides is 1. The molecule has 0 bridgehead atoms. The first-order valence-electron chi connectivity index (χ1n) is 8.91. The summed E-state index contributed by atoms with van der Waals surface area (Å²) in [5.74, 6) is 0.244. The quantitative estimate of drug-likeness (QED) is 0.787.